The predicted molar refractivity (Wildman–Crippen MR) is 106 cm³/mol. The van der Waals surface area contributed by atoms with Gasteiger partial charge in [0, 0.05) is 52.9 Å². The van der Waals surface area contributed by atoms with E-state index in [0.29, 0.717) is 50.4 Å². The molecule has 28 heavy (non-hydrogen) atoms. The molecule has 1 aromatic carbocycles. The monoisotopic (exact) mass is 384 g/mol. The van der Waals surface area contributed by atoms with Crippen molar-refractivity contribution in [1.82, 2.24) is 14.8 Å². The molecule has 0 spiro atoms. The summed E-state index contributed by atoms with van der Waals surface area (Å²) in [6, 6.07) is 9.86. The second kappa shape index (κ2) is 8.82. The Morgan fingerprint density at radius 3 is 2.46 bits per heavy atom. The van der Waals surface area contributed by atoms with Crippen LogP contribution in [0.1, 0.15) is 22.3 Å². The summed E-state index contributed by atoms with van der Waals surface area (Å²) in [5, 5.41) is 0. The van der Waals surface area contributed by atoms with Crippen molar-refractivity contribution in [3.63, 3.8) is 0 Å². The lowest BCUT2D eigenvalue weighted by atomic mass is 10.1. The van der Waals surface area contributed by atoms with Crippen LogP contribution in [0.2, 0.25) is 0 Å². The lowest BCUT2D eigenvalue weighted by Gasteiger charge is -2.35. The van der Waals surface area contributed by atoms with E-state index < -0.39 is 0 Å². The number of nitrogens with zero attached hydrogens (tertiary/aromatic N) is 4. The molecule has 0 radical (unpaired) electrons. The quantitative estimate of drug-likeness (QED) is 0.793. The van der Waals surface area contributed by atoms with E-state index in [1.807, 2.05) is 25.1 Å². The number of hydrogen-bond donors (Lipinski definition) is 0. The molecular formula is C21H25FN4O2. The van der Waals surface area contributed by atoms with Gasteiger partial charge in [-0.05, 0) is 36.2 Å². The number of pyridine rings is 1. The summed E-state index contributed by atoms with van der Waals surface area (Å²) >= 11 is 0. The summed E-state index contributed by atoms with van der Waals surface area (Å²) in [5.41, 5.74) is 1.38. The van der Waals surface area contributed by atoms with Crippen molar-refractivity contribution in [2.24, 2.45) is 0 Å². The van der Waals surface area contributed by atoms with Crippen LogP contribution in [0.25, 0.3) is 0 Å². The zero-order valence-electron chi connectivity index (χ0n) is 16.3. The topological polar surface area (TPSA) is 56.8 Å². The van der Waals surface area contributed by atoms with Crippen LogP contribution in [0.4, 0.5) is 10.2 Å². The first-order chi connectivity index (χ1) is 13.5. The van der Waals surface area contributed by atoms with Crippen molar-refractivity contribution in [3.05, 3.63) is 59.5 Å². The molecule has 0 N–H and O–H groups in total. The fraction of sp³-hybridized carbons (Fsp3) is 0.381. The molecule has 1 fully saturated rings. The maximum absolute atomic E-state index is 13.2. The molecule has 1 aliphatic rings. The molecule has 0 unspecified atom stereocenters. The normalized spacial score (nSPS) is 14.1. The molecule has 0 atom stereocenters. The number of piperazine rings is 1. The largest absolute Gasteiger partial charge is 0.362 e. The average Bonchev–Trinajstić information content (AvgIpc) is 2.71. The standard InChI is InChI=1S/C21H25FN4O2/c1-24(2)20-18(7-4-10-23-20)21(28)26-13-11-25(12-14-26)19(27)9-8-16-5-3-6-17(22)15-16/h3-7,10,15H,8-9,11-14H2,1-2H3. The number of aryl methyl sites for hydroxylation is 1. The molecule has 1 aromatic heterocycles. The Labute approximate surface area is 164 Å². The van der Waals surface area contributed by atoms with Crippen molar-refractivity contribution < 1.29 is 14.0 Å². The third-order valence-electron chi connectivity index (χ3n) is 4.88. The van der Waals surface area contributed by atoms with Gasteiger partial charge in [-0.2, -0.15) is 0 Å². The smallest absolute Gasteiger partial charge is 0.257 e. The molecular weight excluding hydrogens is 359 g/mol. The molecule has 0 bridgehead atoms. The highest BCUT2D eigenvalue weighted by Crippen LogP contribution is 2.18. The van der Waals surface area contributed by atoms with E-state index in [1.165, 1.54) is 12.1 Å². The first-order valence-corrected chi connectivity index (χ1v) is 9.39. The summed E-state index contributed by atoms with van der Waals surface area (Å²) in [4.78, 5) is 35.0. The Bertz CT molecular complexity index is 848. The minimum atomic E-state index is -0.287. The van der Waals surface area contributed by atoms with Gasteiger partial charge < -0.3 is 14.7 Å². The number of benzene rings is 1. The third kappa shape index (κ3) is 4.65. The second-order valence-corrected chi connectivity index (χ2v) is 7.07. The number of aromatic nitrogens is 1. The summed E-state index contributed by atoms with van der Waals surface area (Å²) in [7, 11) is 3.71. The molecule has 3 rings (SSSR count). The lowest BCUT2D eigenvalue weighted by Crippen LogP contribution is -2.50. The lowest BCUT2D eigenvalue weighted by molar-refractivity contribution is -0.132. The van der Waals surface area contributed by atoms with Crippen molar-refractivity contribution in [2.45, 2.75) is 12.8 Å². The van der Waals surface area contributed by atoms with E-state index in [9.17, 15) is 14.0 Å². The SMILES string of the molecule is CN(C)c1ncccc1C(=O)N1CCN(C(=O)CCc2cccc(F)c2)CC1. The van der Waals surface area contributed by atoms with Crippen LogP contribution in [-0.4, -0.2) is 66.9 Å². The van der Waals surface area contributed by atoms with E-state index in [-0.39, 0.29) is 17.6 Å². The second-order valence-electron chi connectivity index (χ2n) is 7.07. The molecule has 2 amide bonds. The van der Waals surface area contributed by atoms with Gasteiger partial charge in [0.15, 0.2) is 0 Å². The zero-order valence-corrected chi connectivity index (χ0v) is 16.3. The van der Waals surface area contributed by atoms with Gasteiger partial charge in [-0.15, -0.1) is 0 Å². The summed E-state index contributed by atoms with van der Waals surface area (Å²) in [5.74, 6) is 0.320. The van der Waals surface area contributed by atoms with Gasteiger partial charge in [-0.3, -0.25) is 9.59 Å². The Morgan fingerprint density at radius 2 is 1.79 bits per heavy atom. The van der Waals surface area contributed by atoms with Crippen molar-refractivity contribution in [1.29, 1.82) is 0 Å². The van der Waals surface area contributed by atoms with E-state index >= 15 is 0 Å². The van der Waals surface area contributed by atoms with Crippen molar-refractivity contribution >= 4 is 17.6 Å². The van der Waals surface area contributed by atoms with Crippen LogP contribution in [0.15, 0.2) is 42.6 Å². The number of anilines is 1. The van der Waals surface area contributed by atoms with E-state index in [1.54, 1.807) is 34.2 Å². The van der Waals surface area contributed by atoms with Crippen LogP contribution in [0.5, 0.6) is 0 Å². The molecule has 1 saturated heterocycles. The zero-order chi connectivity index (χ0) is 20.1. The molecule has 7 heteroatoms. The molecule has 148 valence electrons. The van der Waals surface area contributed by atoms with Gasteiger partial charge in [0.25, 0.3) is 5.91 Å². The fourth-order valence-electron chi connectivity index (χ4n) is 3.35. The number of rotatable bonds is 5. The highest BCUT2D eigenvalue weighted by atomic mass is 19.1. The van der Waals surface area contributed by atoms with Gasteiger partial charge in [0.05, 0.1) is 5.56 Å². The first-order valence-electron chi connectivity index (χ1n) is 9.39. The Morgan fingerprint density at radius 1 is 1.07 bits per heavy atom. The van der Waals surface area contributed by atoms with Gasteiger partial charge in [0.2, 0.25) is 5.91 Å². The van der Waals surface area contributed by atoms with Gasteiger partial charge in [-0.25, -0.2) is 9.37 Å². The van der Waals surface area contributed by atoms with Crippen LogP contribution in [0, 0.1) is 5.82 Å². The summed E-state index contributed by atoms with van der Waals surface area (Å²) in [6.45, 7) is 2.00. The van der Waals surface area contributed by atoms with E-state index in [0.717, 1.165) is 5.56 Å². The summed E-state index contributed by atoms with van der Waals surface area (Å²) < 4.78 is 13.2. The number of hydrogen-bond acceptors (Lipinski definition) is 4. The van der Waals surface area contributed by atoms with Gasteiger partial charge >= 0.3 is 0 Å². The molecule has 0 saturated carbocycles. The van der Waals surface area contributed by atoms with Crippen LogP contribution in [0.3, 0.4) is 0 Å². The number of carbonyl (C=O) groups is 2. The maximum atomic E-state index is 13.2. The van der Waals surface area contributed by atoms with Gasteiger partial charge in [-0.1, -0.05) is 12.1 Å². The van der Waals surface area contributed by atoms with Crippen molar-refractivity contribution in [3.8, 4) is 0 Å². The predicted octanol–water partition coefficient (Wildman–Crippen LogP) is 2.20. The first kappa shape index (κ1) is 19.8. The number of carbonyl (C=O) groups excluding carboxylic acids is 2. The molecule has 6 nitrogen and oxygen atoms in total. The minimum Gasteiger partial charge on any atom is -0.362 e. The maximum Gasteiger partial charge on any atom is 0.257 e. The fourth-order valence-corrected chi connectivity index (χ4v) is 3.35. The van der Waals surface area contributed by atoms with Gasteiger partial charge in [0.1, 0.15) is 11.6 Å². The van der Waals surface area contributed by atoms with Crippen LogP contribution in [-0.2, 0) is 11.2 Å². The van der Waals surface area contributed by atoms with E-state index in [4.69, 9.17) is 0 Å². The summed E-state index contributed by atoms with van der Waals surface area (Å²) in [6.07, 6.45) is 2.52. The third-order valence-corrected chi connectivity index (χ3v) is 4.88. The van der Waals surface area contributed by atoms with Crippen molar-refractivity contribution in [2.75, 3.05) is 45.2 Å². The Kier molecular flexibility index (Phi) is 6.23. The molecule has 1 aliphatic heterocycles. The molecule has 2 aromatic rings. The van der Waals surface area contributed by atoms with Crippen LogP contribution < -0.4 is 4.90 Å². The molecule has 0 aliphatic carbocycles. The Hall–Kier alpha value is -2.96. The van der Waals surface area contributed by atoms with E-state index in [2.05, 4.69) is 4.98 Å². The highest BCUT2D eigenvalue weighted by Gasteiger charge is 2.26. The Balaban J connectivity index is 1.54. The highest BCUT2D eigenvalue weighted by molar-refractivity contribution is 5.99. The molecule has 2 heterocycles. The number of halogens is 1. The number of amides is 2. The minimum absolute atomic E-state index is 0.0340. The van der Waals surface area contributed by atoms with Crippen LogP contribution >= 0.6 is 0 Å². The average molecular weight is 384 g/mol.